The number of benzene rings is 2. The highest BCUT2D eigenvalue weighted by atomic mass is 16.5. The highest BCUT2D eigenvalue weighted by Gasteiger charge is 2.37. The van der Waals surface area contributed by atoms with Gasteiger partial charge in [-0.25, -0.2) is 0 Å². The molecule has 1 atom stereocenters. The van der Waals surface area contributed by atoms with Crippen LogP contribution in [0.3, 0.4) is 0 Å². The van der Waals surface area contributed by atoms with Crippen LogP contribution in [0.2, 0.25) is 0 Å². The lowest BCUT2D eigenvalue weighted by molar-refractivity contribution is 0.0614. The third kappa shape index (κ3) is 1.90. The molecule has 0 bridgehead atoms. The highest BCUT2D eigenvalue weighted by molar-refractivity contribution is 5.40. The van der Waals surface area contributed by atoms with Crippen LogP contribution in [0.15, 0.2) is 54.6 Å². The Balaban J connectivity index is 2.02. The Morgan fingerprint density at radius 3 is 2.39 bits per heavy atom. The summed E-state index contributed by atoms with van der Waals surface area (Å²) in [6, 6.07) is 19.0. The van der Waals surface area contributed by atoms with E-state index >= 15 is 0 Å². The van der Waals surface area contributed by atoms with E-state index in [1.54, 1.807) is 0 Å². The Bertz CT molecular complexity index is 543. The van der Waals surface area contributed by atoms with Crippen LogP contribution in [0, 0.1) is 0 Å². The van der Waals surface area contributed by atoms with Gasteiger partial charge in [-0.1, -0.05) is 48.5 Å². The first-order valence-electron chi connectivity index (χ1n) is 6.49. The zero-order valence-electron chi connectivity index (χ0n) is 10.9. The maximum atomic E-state index is 6.19. The van der Waals surface area contributed by atoms with Crippen LogP contribution in [-0.2, 0) is 6.42 Å². The largest absolute Gasteiger partial charge is 0.487 e. The molecule has 0 radical (unpaired) electrons. The van der Waals surface area contributed by atoms with Gasteiger partial charge in [0.15, 0.2) is 0 Å². The Labute approximate surface area is 108 Å². The summed E-state index contributed by atoms with van der Waals surface area (Å²) in [7, 11) is 0. The molecule has 92 valence electrons. The molecule has 0 aliphatic carbocycles. The molecule has 0 aromatic heterocycles. The zero-order valence-corrected chi connectivity index (χ0v) is 10.9. The summed E-state index contributed by atoms with van der Waals surface area (Å²) in [4.78, 5) is 0. The van der Waals surface area contributed by atoms with Crippen LogP contribution < -0.4 is 4.74 Å². The molecule has 0 N–H and O–H groups in total. The summed E-state index contributed by atoms with van der Waals surface area (Å²) < 4.78 is 6.19. The number of ether oxygens (including phenoxy) is 1. The van der Waals surface area contributed by atoms with E-state index in [9.17, 15) is 0 Å². The van der Waals surface area contributed by atoms with Crippen molar-refractivity contribution in [2.24, 2.45) is 0 Å². The van der Waals surface area contributed by atoms with Crippen molar-refractivity contribution in [1.29, 1.82) is 0 Å². The minimum absolute atomic E-state index is 0.157. The van der Waals surface area contributed by atoms with Gasteiger partial charge in [0.1, 0.15) is 11.4 Å². The number of hydrogen-bond donors (Lipinski definition) is 0. The monoisotopic (exact) mass is 238 g/mol. The summed E-state index contributed by atoms with van der Waals surface area (Å²) in [5, 5.41) is 0. The van der Waals surface area contributed by atoms with Gasteiger partial charge in [-0.2, -0.15) is 0 Å². The maximum absolute atomic E-state index is 6.19. The molecule has 18 heavy (non-hydrogen) atoms. The van der Waals surface area contributed by atoms with Crippen LogP contribution in [-0.4, -0.2) is 5.60 Å². The first-order chi connectivity index (χ1) is 8.67. The fraction of sp³-hybridized carbons (Fsp3) is 0.294. The van der Waals surface area contributed by atoms with E-state index in [2.05, 4.69) is 62.4 Å². The fourth-order valence-electron chi connectivity index (χ4n) is 2.80. The molecule has 0 fully saturated rings. The lowest BCUT2D eigenvalue weighted by Crippen LogP contribution is -2.40. The maximum Gasteiger partial charge on any atom is 0.123 e. The summed E-state index contributed by atoms with van der Waals surface area (Å²) in [6.07, 6.45) is 1.05. The van der Waals surface area contributed by atoms with Gasteiger partial charge in [0.2, 0.25) is 0 Å². The normalized spacial score (nSPS) is 20.9. The topological polar surface area (TPSA) is 9.23 Å². The lowest BCUT2D eigenvalue weighted by Gasteiger charge is -2.40. The van der Waals surface area contributed by atoms with Crippen molar-refractivity contribution >= 4 is 0 Å². The Morgan fingerprint density at radius 2 is 1.61 bits per heavy atom. The summed E-state index contributed by atoms with van der Waals surface area (Å²) in [5.41, 5.74) is 2.51. The number of hydrogen-bond acceptors (Lipinski definition) is 1. The second-order valence-electron chi connectivity index (χ2n) is 5.48. The number of rotatable bonds is 1. The van der Waals surface area contributed by atoms with Crippen LogP contribution in [0.4, 0.5) is 0 Å². The second-order valence-corrected chi connectivity index (χ2v) is 5.48. The van der Waals surface area contributed by atoms with E-state index in [1.165, 1.54) is 11.1 Å². The molecule has 1 nitrogen and oxygen atoms in total. The van der Waals surface area contributed by atoms with Gasteiger partial charge in [-0.3, -0.25) is 0 Å². The highest BCUT2D eigenvalue weighted by Crippen LogP contribution is 2.41. The molecule has 3 rings (SSSR count). The SMILES string of the molecule is CC1(C)Oc2ccccc2CC1c1ccccc1. The van der Waals surface area contributed by atoms with Gasteiger partial charge in [-0.05, 0) is 37.5 Å². The van der Waals surface area contributed by atoms with E-state index in [1.807, 2.05) is 6.07 Å². The van der Waals surface area contributed by atoms with E-state index in [-0.39, 0.29) is 5.60 Å². The molecule has 0 amide bonds. The number of para-hydroxylation sites is 1. The van der Waals surface area contributed by atoms with E-state index in [0.29, 0.717) is 5.92 Å². The second kappa shape index (κ2) is 4.16. The lowest BCUT2D eigenvalue weighted by atomic mass is 9.78. The van der Waals surface area contributed by atoms with Crippen LogP contribution in [0.5, 0.6) is 5.75 Å². The van der Waals surface area contributed by atoms with Gasteiger partial charge in [0, 0.05) is 5.92 Å². The molecule has 0 saturated heterocycles. The van der Waals surface area contributed by atoms with Gasteiger partial charge in [-0.15, -0.1) is 0 Å². The molecule has 1 heteroatoms. The third-order valence-electron chi connectivity index (χ3n) is 3.81. The summed E-state index contributed by atoms with van der Waals surface area (Å²) >= 11 is 0. The molecular formula is C17H18O. The van der Waals surface area contributed by atoms with Crippen molar-refractivity contribution in [3.8, 4) is 5.75 Å². The summed E-state index contributed by atoms with van der Waals surface area (Å²) in [6.45, 7) is 4.36. The first kappa shape index (κ1) is 11.3. The molecule has 2 aromatic carbocycles. The van der Waals surface area contributed by atoms with Crippen LogP contribution in [0.25, 0.3) is 0 Å². The average molecular weight is 238 g/mol. The molecule has 1 unspecified atom stereocenters. The first-order valence-corrected chi connectivity index (χ1v) is 6.49. The van der Waals surface area contributed by atoms with Crippen LogP contribution in [0.1, 0.15) is 30.9 Å². The van der Waals surface area contributed by atoms with Crippen LogP contribution >= 0.6 is 0 Å². The molecule has 0 saturated carbocycles. The molecule has 1 aliphatic rings. The summed E-state index contributed by atoms with van der Waals surface area (Å²) in [5.74, 6) is 1.45. The van der Waals surface area contributed by atoms with Crippen molar-refractivity contribution in [1.82, 2.24) is 0 Å². The minimum atomic E-state index is -0.157. The van der Waals surface area contributed by atoms with E-state index in [0.717, 1.165) is 12.2 Å². The van der Waals surface area contributed by atoms with E-state index in [4.69, 9.17) is 4.74 Å². The molecule has 0 spiro atoms. The average Bonchev–Trinajstić information content (AvgIpc) is 2.38. The van der Waals surface area contributed by atoms with Crippen molar-refractivity contribution < 1.29 is 4.74 Å². The minimum Gasteiger partial charge on any atom is -0.487 e. The van der Waals surface area contributed by atoms with Gasteiger partial charge < -0.3 is 4.74 Å². The quantitative estimate of drug-likeness (QED) is 0.724. The fourth-order valence-corrected chi connectivity index (χ4v) is 2.80. The smallest absolute Gasteiger partial charge is 0.123 e. The Hall–Kier alpha value is -1.76. The predicted octanol–water partition coefficient (Wildman–Crippen LogP) is 4.18. The van der Waals surface area contributed by atoms with Gasteiger partial charge in [0.05, 0.1) is 0 Å². The molecular weight excluding hydrogens is 220 g/mol. The standard InChI is InChI=1S/C17H18O/c1-17(2)15(13-8-4-3-5-9-13)12-14-10-6-7-11-16(14)18-17/h3-11,15H,12H2,1-2H3. The van der Waals surface area contributed by atoms with Crippen molar-refractivity contribution in [2.45, 2.75) is 31.8 Å². The van der Waals surface area contributed by atoms with Crippen molar-refractivity contribution in [3.05, 3.63) is 65.7 Å². The Morgan fingerprint density at radius 1 is 0.944 bits per heavy atom. The van der Waals surface area contributed by atoms with Gasteiger partial charge >= 0.3 is 0 Å². The van der Waals surface area contributed by atoms with Crippen molar-refractivity contribution in [3.63, 3.8) is 0 Å². The number of fused-ring (bicyclic) bond motifs is 1. The zero-order chi connectivity index (χ0) is 12.6. The Kier molecular flexibility index (Phi) is 2.62. The molecule has 2 aromatic rings. The van der Waals surface area contributed by atoms with E-state index < -0.39 is 0 Å². The van der Waals surface area contributed by atoms with Crippen molar-refractivity contribution in [2.75, 3.05) is 0 Å². The molecule has 1 aliphatic heterocycles. The predicted molar refractivity (Wildman–Crippen MR) is 74.0 cm³/mol. The van der Waals surface area contributed by atoms with Gasteiger partial charge in [0.25, 0.3) is 0 Å². The third-order valence-corrected chi connectivity index (χ3v) is 3.81. The molecule has 1 heterocycles.